The predicted molar refractivity (Wildman–Crippen MR) is 127 cm³/mol. The number of benzene rings is 3. The highest BCUT2D eigenvalue weighted by Crippen LogP contribution is 2.44. The molecule has 3 N–H and O–H groups in total. The fourth-order valence-electron chi connectivity index (χ4n) is 5.29. The first-order chi connectivity index (χ1) is 15.5. The molecule has 4 nitrogen and oxygen atoms in total. The highest BCUT2D eigenvalue weighted by atomic mass is 16.5. The molecule has 5 atom stereocenters. The zero-order valence-corrected chi connectivity index (χ0v) is 19.4. The SMILES string of the molecule is COc1ccc([C@H]2[NH2+][C@H](c3ccc(OC)cc3)[C@H](C)C(O)(Cc3ccccc3)[C@@H]2C)cc1. The van der Waals surface area contributed by atoms with Gasteiger partial charge in [-0.25, -0.2) is 0 Å². The molecule has 0 spiro atoms. The first kappa shape index (κ1) is 22.4. The van der Waals surface area contributed by atoms with E-state index in [1.165, 1.54) is 11.1 Å². The summed E-state index contributed by atoms with van der Waals surface area (Å²) >= 11 is 0. The summed E-state index contributed by atoms with van der Waals surface area (Å²) in [7, 11) is 3.37. The van der Waals surface area contributed by atoms with E-state index in [2.05, 4.69) is 55.6 Å². The van der Waals surface area contributed by atoms with Gasteiger partial charge in [0.2, 0.25) is 0 Å². The molecule has 1 saturated heterocycles. The van der Waals surface area contributed by atoms with E-state index in [0.717, 1.165) is 17.1 Å². The lowest BCUT2D eigenvalue weighted by Crippen LogP contribution is -2.93. The third-order valence-electron chi connectivity index (χ3n) is 7.40. The summed E-state index contributed by atoms with van der Waals surface area (Å²) in [5, 5.41) is 14.7. The number of hydrogen-bond donors (Lipinski definition) is 2. The van der Waals surface area contributed by atoms with Gasteiger partial charge in [-0.15, -0.1) is 0 Å². The minimum absolute atomic E-state index is 0.0561. The van der Waals surface area contributed by atoms with Crippen LogP contribution in [0.1, 0.15) is 42.6 Å². The summed E-state index contributed by atoms with van der Waals surface area (Å²) in [5.74, 6) is 1.80. The fourth-order valence-corrected chi connectivity index (χ4v) is 5.29. The summed E-state index contributed by atoms with van der Waals surface area (Å²) in [6, 6.07) is 27.1. The molecule has 0 aromatic heterocycles. The van der Waals surface area contributed by atoms with Crippen molar-refractivity contribution < 1.29 is 19.9 Å². The third-order valence-corrected chi connectivity index (χ3v) is 7.40. The van der Waals surface area contributed by atoms with E-state index in [1.807, 2.05) is 42.5 Å². The zero-order chi connectivity index (χ0) is 22.7. The monoisotopic (exact) mass is 432 g/mol. The second-order valence-electron chi connectivity index (χ2n) is 9.02. The van der Waals surface area contributed by atoms with Gasteiger partial charge in [0.15, 0.2) is 0 Å². The van der Waals surface area contributed by atoms with E-state index in [1.54, 1.807) is 14.2 Å². The van der Waals surface area contributed by atoms with Crippen LogP contribution in [0.15, 0.2) is 78.9 Å². The van der Waals surface area contributed by atoms with Gasteiger partial charge in [0.1, 0.15) is 23.6 Å². The van der Waals surface area contributed by atoms with Gasteiger partial charge < -0.3 is 19.9 Å². The van der Waals surface area contributed by atoms with Gasteiger partial charge in [0, 0.05) is 29.4 Å². The first-order valence-electron chi connectivity index (χ1n) is 11.4. The summed E-state index contributed by atoms with van der Waals surface area (Å²) in [4.78, 5) is 0. The number of quaternary nitrogens is 1. The summed E-state index contributed by atoms with van der Waals surface area (Å²) in [5.41, 5.74) is 2.72. The van der Waals surface area contributed by atoms with Crippen molar-refractivity contribution in [3.8, 4) is 11.5 Å². The largest absolute Gasteiger partial charge is 0.497 e. The highest BCUT2D eigenvalue weighted by molar-refractivity contribution is 5.32. The Morgan fingerprint density at radius 2 is 1.16 bits per heavy atom. The lowest BCUT2D eigenvalue weighted by molar-refractivity contribution is -0.764. The molecule has 1 aliphatic heterocycles. The quantitative estimate of drug-likeness (QED) is 0.610. The molecular weight excluding hydrogens is 398 g/mol. The topological polar surface area (TPSA) is 55.3 Å². The van der Waals surface area contributed by atoms with Crippen molar-refractivity contribution >= 4 is 0 Å². The molecule has 168 valence electrons. The molecule has 1 heterocycles. The minimum Gasteiger partial charge on any atom is -0.497 e. The number of methoxy groups -OCH3 is 2. The van der Waals surface area contributed by atoms with Gasteiger partial charge in [0.25, 0.3) is 0 Å². The molecule has 0 bridgehead atoms. The van der Waals surface area contributed by atoms with Crippen molar-refractivity contribution in [2.75, 3.05) is 14.2 Å². The average molecular weight is 433 g/mol. The molecule has 0 saturated carbocycles. The summed E-state index contributed by atoms with van der Waals surface area (Å²) < 4.78 is 10.7. The third kappa shape index (κ3) is 4.25. The van der Waals surface area contributed by atoms with Crippen molar-refractivity contribution in [3.63, 3.8) is 0 Å². The number of rotatable bonds is 6. The number of piperidine rings is 1. The van der Waals surface area contributed by atoms with Crippen molar-refractivity contribution in [1.82, 2.24) is 0 Å². The van der Waals surface area contributed by atoms with Gasteiger partial charge >= 0.3 is 0 Å². The number of aliphatic hydroxyl groups is 1. The fraction of sp³-hybridized carbons (Fsp3) is 0.357. The van der Waals surface area contributed by atoms with E-state index in [0.29, 0.717) is 6.42 Å². The van der Waals surface area contributed by atoms with Gasteiger partial charge in [-0.05, 0) is 54.1 Å². The average Bonchev–Trinajstić information content (AvgIpc) is 2.84. The Kier molecular flexibility index (Phi) is 6.54. The van der Waals surface area contributed by atoms with Crippen LogP contribution in [0.4, 0.5) is 0 Å². The predicted octanol–water partition coefficient (Wildman–Crippen LogP) is 4.31. The van der Waals surface area contributed by atoms with Crippen LogP contribution in [0.5, 0.6) is 11.5 Å². The normalized spacial score (nSPS) is 27.7. The standard InChI is InChI=1S/C28H33NO3/c1-19-26(22-10-14-24(31-3)15-11-22)29-27(23-12-16-25(32-4)17-13-23)20(2)28(19,30)18-21-8-6-5-7-9-21/h5-17,19-20,26-27,29-30H,18H2,1-4H3/p+1/t19-,20+,26-,27-,28?/m0/s1. The molecule has 0 radical (unpaired) electrons. The van der Waals surface area contributed by atoms with Crippen LogP contribution in [-0.4, -0.2) is 24.9 Å². The van der Waals surface area contributed by atoms with E-state index in [9.17, 15) is 5.11 Å². The van der Waals surface area contributed by atoms with Crippen LogP contribution in [0.3, 0.4) is 0 Å². The molecule has 1 fully saturated rings. The zero-order valence-electron chi connectivity index (χ0n) is 19.4. The number of nitrogens with two attached hydrogens (primary N) is 1. The second kappa shape index (κ2) is 9.35. The molecule has 4 rings (SSSR count). The van der Waals surface area contributed by atoms with Crippen LogP contribution >= 0.6 is 0 Å². The maximum Gasteiger partial charge on any atom is 0.118 e. The van der Waals surface area contributed by atoms with Crippen LogP contribution < -0.4 is 14.8 Å². The molecule has 4 heteroatoms. The molecule has 0 aliphatic carbocycles. The van der Waals surface area contributed by atoms with Crippen LogP contribution in [0.25, 0.3) is 0 Å². The van der Waals surface area contributed by atoms with E-state index in [4.69, 9.17) is 9.47 Å². The molecule has 1 unspecified atom stereocenters. The Hall–Kier alpha value is -2.82. The van der Waals surface area contributed by atoms with Crippen LogP contribution in [0.2, 0.25) is 0 Å². The molecule has 0 amide bonds. The lowest BCUT2D eigenvalue weighted by Gasteiger charge is -2.49. The lowest BCUT2D eigenvalue weighted by atomic mass is 9.64. The Balaban J connectivity index is 1.74. The van der Waals surface area contributed by atoms with Crippen LogP contribution in [0, 0.1) is 11.8 Å². The van der Waals surface area contributed by atoms with Crippen LogP contribution in [-0.2, 0) is 6.42 Å². The Morgan fingerprint density at radius 1 is 0.719 bits per heavy atom. The second-order valence-corrected chi connectivity index (χ2v) is 9.02. The minimum atomic E-state index is -0.856. The maximum atomic E-state index is 12.3. The van der Waals surface area contributed by atoms with Gasteiger partial charge in [-0.3, -0.25) is 0 Å². The first-order valence-corrected chi connectivity index (χ1v) is 11.4. The Morgan fingerprint density at radius 3 is 1.56 bits per heavy atom. The highest BCUT2D eigenvalue weighted by Gasteiger charge is 2.54. The molecule has 1 aliphatic rings. The smallest absolute Gasteiger partial charge is 0.118 e. The maximum absolute atomic E-state index is 12.3. The van der Waals surface area contributed by atoms with E-state index in [-0.39, 0.29) is 23.9 Å². The molecular formula is C28H34NO3+. The van der Waals surface area contributed by atoms with Crippen molar-refractivity contribution in [1.29, 1.82) is 0 Å². The van der Waals surface area contributed by atoms with Gasteiger partial charge in [0.05, 0.1) is 19.8 Å². The molecule has 3 aromatic rings. The summed E-state index contributed by atoms with van der Waals surface area (Å²) in [6.07, 6.45) is 0.628. The van der Waals surface area contributed by atoms with Gasteiger partial charge in [-0.1, -0.05) is 44.2 Å². The molecule has 3 aromatic carbocycles. The Bertz CT molecular complexity index is 942. The van der Waals surface area contributed by atoms with E-state index < -0.39 is 5.60 Å². The Labute approximate surface area is 191 Å². The number of hydrogen-bond acceptors (Lipinski definition) is 3. The van der Waals surface area contributed by atoms with Crippen molar-refractivity contribution in [3.05, 3.63) is 95.6 Å². The van der Waals surface area contributed by atoms with Crippen molar-refractivity contribution in [2.45, 2.75) is 38.0 Å². The summed E-state index contributed by atoms with van der Waals surface area (Å²) in [6.45, 7) is 4.38. The van der Waals surface area contributed by atoms with Gasteiger partial charge in [-0.2, -0.15) is 0 Å². The number of ether oxygens (including phenoxy) is 2. The van der Waals surface area contributed by atoms with E-state index >= 15 is 0 Å². The molecule has 32 heavy (non-hydrogen) atoms. The van der Waals surface area contributed by atoms with Crippen molar-refractivity contribution in [2.24, 2.45) is 11.8 Å².